The van der Waals surface area contributed by atoms with Crippen LogP contribution in [-0.4, -0.2) is 47.7 Å². The minimum Gasteiger partial charge on any atom is -0.464 e. The minimum absolute atomic E-state index is 0.0231. The molecule has 0 bridgehead atoms. The predicted molar refractivity (Wildman–Crippen MR) is 134 cm³/mol. The van der Waals surface area contributed by atoms with Gasteiger partial charge in [-0.1, -0.05) is 80.9 Å². The van der Waals surface area contributed by atoms with E-state index in [0.717, 1.165) is 16.7 Å². The van der Waals surface area contributed by atoms with Gasteiger partial charge in [0.15, 0.2) is 5.60 Å². The molecule has 2 fully saturated rings. The first kappa shape index (κ1) is 25.9. The molecule has 2 heterocycles. The maximum Gasteiger partial charge on any atom is 0.416 e. The van der Waals surface area contributed by atoms with Crippen LogP contribution in [0.3, 0.4) is 0 Å². The van der Waals surface area contributed by atoms with Gasteiger partial charge in [0.05, 0.1) is 24.7 Å². The first-order valence-electron chi connectivity index (χ1n) is 12.6. The van der Waals surface area contributed by atoms with Crippen LogP contribution in [0.1, 0.15) is 50.5 Å². The maximum atomic E-state index is 14.1. The van der Waals surface area contributed by atoms with Crippen molar-refractivity contribution in [3.8, 4) is 0 Å². The van der Waals surface area contributed by atoms with E-state index in [2.05, 4.69) is 0 Å². The van der Waals surface area contributed by atoms with Crippen LogP contribution in [-0.2, 0) is 30.2 Å². The third-order valence-electron chi connectivity index (χ3n) is 7.47. The van der Waals surface area contributed by atoms with Crippen LogP contribution in [0.2, 0.25) is 0 Å². The van der Waals surface area contributed by atoms with Gasteiger partial charge in [0.25, 0.3) is 0 Å². The van der Waals surface area contributed by atoms with E-state index < -0.39 is 35.6 Å². The van der Waals surface area contributed by atoms with Crippen LogP contribution in [0.15, 0.2) is 54.6 Å². The van der Waals surface area contributed by atoms with Gasteiger partial charge in [0.1, 0.15) is 6.61 Å². The molecular weight excluding hydrogens is 458 g/mol. The number of ether oxygens (including phenoxy) is 3. The molecule has 2 amide bonds. The van der Waals surface area contributed by atoms with Crippen molar-refractivity contribution in [2.45, 2.75) is 58.8 Å². The van der Waals surface area contributed by atoms with Crippen molar-refractivity contribution in [2.75, 3.05) is 13.2 Å². The lowest BCUT2D eigenvalue weighted by atomic mass is 9.75. The van der Waals surface area contributed by atoms with Gasteiger partial charge in [0, 0.05) is 12.3 Å². The quantitative estimate of drug-likeness (QED) is 0.512. The van der Waals surface area contributed by atoms with E-state index in [9.17, 15) is 14.4 Å². The molecule has 2 aliphatic heterocycles. The Balaban J connectivity index is 1.82. The van der Waals surface area contributed by atoms with Crippen molar-refractivity contribution in [3.05, 3.63) is 71.3 Å². The molecule has 5 unspecified atom stereocenters. The molecule has 5 atom stereocenters. The standard InChI is InChI=1S/C29H35NO6/c1-6-34-27(32)29(16-21-10-8-7-9-11-21)20(5)24(25(36-29)22-14-12-19(4)13-15-22)26(31)30-23(18(2)3)17-35-28(30)33/h7-15,18,20,23-25H,6,16-17H2,1-5H3. The van der Waals surface area contributed by atoms with Crippen molar-refractivity contribution < 1.29 is 28.6 Å². The van der Waals surface area contributed by atoms with Crippen LogP contribution in [0, 0.1) is 24.7 Å². The molecule has 2 aliphatic rings. The van der Waals surface area contributed by atoms with E-state index in [4.69, 9.17) is 14.2 Å². The number of amides is 2. The first-order valence-corrected chi connectivity index (χ1v) is 12.6. The summed E-state index contributed by atoms with van der Waals surface area (Å²) in [6, 6.07) is 16.9. The topological polar surface area (TPSA) is 82.1 Å². The van der Waals surface area contributed by atoms with Crippen LogP contribution >= 0.6 is 0 Å². The summed E-state index contributed by atoms with van der Waals surface area (Å²) in [6.45, 7) is 9.84. The Bertz CT molecular complexity index is 1100. The van der Waals surface area contributed by atoms with Crippen LogP contribution in [0.25, 0.3) is 0 Å². The SMILES string of the molecule is CCOC(=O)C1(Cc2ccccc2)OC(c2ccc(C)cc2)C(C(=O)N2C(=O)OCC2C(C)C)C1C. The molecular formula is C29H35NO6. The molecule has 2 aromatic carbocycles. The minimum atomic E-state index is -1.40. The second kappa shape index (κ2) is 10.4. The molecule has 0 spiro atoms. The van der Waals surface area contributed by atoms with Crippen LogP contribution in [0.5, 0.6) is 0 Å². The van der Waals surface area contributed by atoms with E-state index in [1.54, 1.807) is 6.92 Å². The summed E-state index contributed by atoms with van der Waals surface area (Å²) in [5.74, 6) is -2.22. The average molecular weight is 494 g/mol. The van der Waals surface area contributed by atoms with E-state index in [-0.39, 0.29) is 37.5 Å². The van der Waals surface area contributed by atoms with E-state index in [1.165, 1.54) is 4.90 Å². The van der Waals surface area contributed by atoms with Gasteiger partial charge in [-0.15, -0.1) is 0 Å². The lowest BCUT2D eigenvalue weighted by Gasteiger charge is -2.32. The molecule has 7 nitrogen and oxygen atoms in total. The molecule has 0 radical (unpaired) electrons. The highest BCUT2D eigenvalue weighted by molar-refractivity contribution is 5.96. The number of benzene rings is 2. The first-order chi connectivity index (χ1) is 17.2. The van der Waals surface area contributed by atoms with Crippen molar-refractivity contribution >= 4 is 18.0 Å². The highest BCUT2D eigenvalue weighted by Gasteiger charge is 2.62. The maximum absolute atomic E-state index is 14.1. The smallest absolute Gasteiger partial charge is 0.416 e. The van der Waals surface area contributed by atoms with Crippen molar-refractivity contribution in [2.24, 2.45) is 17.8 Å². The molecule has 192 valence electrons. The molecule has 2 aromatic rings. The molecule has 0 aliphatic carbocycles. The normalized spacial score (nSPS) is 27.8. The van der Waals surface area contributed by atoms with Crippen molar-refractivity contribution in [1.82, 2.24) is 4.90 Å². The van der Waals surface area contributed by atoms with E-state index in [1.807, 2.05) is 82.3 Å². The third-order valence-corrected chi connectivity index (χ3v) is 7.47. The molecule has 36 heavy (non-hydrogen) atoms. The number of esters is 1. The number of hydrogen-bond donors (Lipinski definition) is 0. The summed E-state index contributed by atoms with van der Waals surface area (Å²) in [6.07, 6.45) is -1.13. The lowest BCUT2D eigenvalue weighted by molar-refractivity contribution is -0.174. The van der Waals surface area contributed by atoms with E-state index in [0.29, 0.717) is 0 Å². The Kier molecular flexibility index (Phi) is 7.50. The molecule has 0 aromatic heterocycles. The van der Waals surface area contributed by atoms with Gasteiger partial charge < -0.3 is 14.2 Å². The van der Waals surface area contributed by atoms with Crippen LogP contribution in [0.4, 0.5) is 4.79 Å². The Hall–Kier alpha value is -3.19. The summed E-state index contributed by atoms with van der Waals surface area (Å²) >= 11 is 0. The lowest BCUT2D eigenvalue weighted by Crippen LogP contribution is -2.50. The Morgan fingerprint density at radius 3 is 2.39 bits per heavy atom. The Labute approximate surface area is 212 Å². The number of aryl methyl sites for hydroxylation is 1. The third kappa shape index (κ3) is 4.64. The number of carbonyl (C=O) groups is 3. The summed E-state index contributed by atoms with van der Waals surface area (Å²) in [5.41, 5.74) is 1.34. The van der Waals surface area contributed by atoms with Crippen molar-refractivity contribution in [3.63, 3.8) is 0 Å². The fourth-order valence-electron chi connectivity index (χ4n) is 5.34. The van der Waals surface area contributed by atoms with Crippen LogP contribution < -0.4 is 0 Å². The zero-order valence-corrected chi connectivity index (χ0v) is 21.6. The number of cyclic esters (lactones) is 1. The fraction of sp³-hybridized carbons (Fsp3) is 0.483. The van der Waals surface area contributed by atoms with Gasteiger partial charge in [-0.25, -0.2) is 14.5 Å². The number of imide groups is 1. The van der Waals surface area contributed by atoms with Gasteiger partial charge in [0.2, 0.25) is 5.91 Å². The Morgan fingerprint density at radius 1 is 1.11 bits per heavy atom. The van der Waals surface area contributed by atoms with Gasteiger partial charge >= 0.3 is 12.1 Å². The second-order valence-electron chi connectivity index (χ2n) is 10.1. The summed E-state index contributed by atoms with van der Waals surface area (Å²) in [7, 11) is 0. The number of rotatable bonds is 7. The van der Waals surface area contributed by atoms with Gasteiger partial charge in [-0.2, -0.15) is 0 Å². The second-order valence-corrected chi connectivity index (χ2v) is 10.1. The van der Waals surface area contributed by atoms with Gasteiger partial charge in [-0.05, 0) is 30.9 Å². The van der Waals surface area contributed by atoms with E-state index >= 15 is 0 Å². The zero-order chi connectivity index (χ0) is 26.0. The number of nitrogens with zero attached hydrogens (tertiary/aromatic N) is 1. The van der Waals surface area contributed by atoms with Gasteiger partial charge in [-0.3, -0.25) is 4.79 Å². The molecule has 7 heteroatoms. The summed E-state index contributed by atoms with van der Waals surface area (Å²) < 4.78 is 17.5. The predicted octanol–water partition coefficient (Wildman–Crippen LogP) is 4.87. The average Bonchev–Trinajstić information content (AvgIpc) is 3.38. The number of carbonyl (C=O) groups excluding carboxylic acids is 3. The fourth-order valence-corrected chi connectivity index (χ4v) is 5.34. The molecule has 0 saturated carbocycles. The zero-order valence-electron chi connectivity index (χ0n) is 21.6. The highest BCUT2D eigenvalue weighted by Crippen LogP contribution is 2.51. The Morgan fingerprint density at radius 2 is 1.78 bits per heavy atom. The molecule has 0 N–H and O–H groups in total. The monoisotopic (exact) mass is 493 g/mol. The summed E-state index contributed by atoms with van der Waals surface area (Å²) in [4.78, 5) is 41.7. The number of hydrogen-bond acceptors (Lipinski definition) is 6. The van der Waals surface area contributed by atoms with Crippen molar-refractivity contribution in [1.29, 1.82) is 0 Å². The summed E-state index contributed by atoms with van der Waals surface area (Å²) in [5, 5.41) is 0. The largest absolute Gasteiger partial charge is 0.464 e. The molecule has 4 rings (SSSR count). The molecule has 2 saturated heterocycles. The highest BCUT2D eigenvalue weighted by atomic mass is 16.6.